The highest BCUT2D eigenvalue weighted by molar-refractivity contribution is 5.93. The number of aryl methyl sites for hydroxylation is 2. The highest BCUT2D eigenvalue weighted by Gasteiger charge is 2.17. The zero-order chi connectivity index (χ0) is 13.7. The van der Waals surface area contributed by atoms with Crippen molar-refractivity contribution in [1.82, 2.24) is 0 Å². The molecule has 98 valence electrons. The molecule has 5 heteroatoms. The van der Waals surface area contributed by atoms with E-state index in [4.69, 9.17) is 0 Å². The summed E-state index contributed by atoms with van der Waals surface area (Å²) in [5, 5.41) is 13.5. The Morgan fingerprint density at radius 3 is 2.50 bits per heavy atom. The first kappa shape index (κ1) is 14.2. The van der Waals surface area contributed by atoms with Gasteiger partial charge < -0.3 is 5.32 Å². The monoisotopic (exact) mass is 250 g/mol. The quantitative estimate of drug-likeness (QED) is 0.643. The maximum absolute atomic E-state index is 11.6. The molecule has 0 unspecified atom stereocenters. The van der Waals surface area contributed by atoms with Crippen LogP contribution in [0.25, 0.3) is 0 Å². The van der Waals surface area contributed by atoms with E-state index in [1.807, 2.05) is 20.8 Å². The summed E-state index contributed by atoms with van der Waals surface area (Å²) >= 11 is 0. The Hall–Kier alpha value is -1.91. The highest BCUT2D eigenvalue weighted by Crippen LogP contribution is 2.28. The average Bonchev–Trinajstić information content (AvgIpc) is 2.30. The van der Waals surface area contributed by atoms with Crippen molar-refractivity contribution in [2.24, 2.45) is 0 Å². The van der Waals surface area contributed by atoms with Crippen molar-refractivity contribution in [2.45, 2.75) is 40.0 Å². The zero-order valence-electron chi connectivity index (χ0n) is 10.9. The van der Waals surface area contributed by atoms with Crippen LogP contribution in [0.5, 0.6) is 0 Å². The number of rotatable bonds is 5. The number of nitro benzene ring substituents is 1. The van der Waals surface area contributed by atoms with Gasteiger partial charge in [-0.25, -0.2) is 0 Å². The fourth-order valence-electron chi connectivity index (χ4n) is 1.60. The summed E-state index contributed by atoms with van der Waals surface area (Å²) in [5.74, 6) is -0.178. The number of nitrogens with zero attached hydrogens (tertiary/aromatic N) is 1. The SMILES string of the molecule is CCCCC(=O)Nc1cc(C)c(C)cc1[N+](=O)[O-]. The number of unbranched alkanes of at least 4 members (excludes halogenated alkanes) is 1. The lowest BCUT2D eigenvalue weighted by atomic mass is 10.1. The van der Waals surface area contributed by atoms with Gasteiger partial charge in [-0.05, 0) is 37.5 Å². The molecule has 0 aliphatic heterocycles. The van der Waals surface area contributed by atoms with E-state index in [2.05, 4.69) is 5.32 Å². The molecule has 0 radical (unpaired) electrons. The van der Waals surface area contributed by atoms with Gasteiger partial charge in [0.05, 0.1) is 4.92 Å². The summed E-state index contributed by atoms with van der Waals surface area (Å²) < 4.78 is 0. The molecule has 0 atom stereocenters. The number of carbonyl (C=O) groups excluding carboxylic acids is 1. The van der Waals surface area contributed by atoms with Gasteiger partial charge in [0.25, 0.3) is 5.69 Å². The minimum absolute atomic E-state index is 0.0528. The van der Waals surface area contributed by atoms with Gasteiger partial charge in [-0.1, -0.05) is 13.3 Å². The van der Waals surface area contributed by atoms with Gasteiger partial charge >= 0.3 is 0 Å². The van der Waals surface area contributed by atoms with Crippen LogP contribution in [0.3, 0.4) is 0 Å². The number of hydrogen-bond donors (Lipinski definition) is 1. The maximum atomic E-state index is 11.6. The van der Waals surface area contributed by atoms with E-state index in [-0.39, 0.29) is 17.3 Å². The Labute approximate surface area is 106 Å². The fraction of sp³-hybridized carbons (Fsp3) is 0.462. The number of benzene rings is 1. The molecule has 0 saturated carbocycles. The normalized spacial score (nSPS) is 10.2. The smallest absolute Gasteiger partial charge is 0.293 e. The van der Waals surface area contributed by atoms with Crippen LogP contribution >= 0.6 is 0 Å². The minimum atomic E-state index is -0.470. The van der Waals surface area contributed by atoms with E-state index in [9.17, 15) is 14.9 Å². The predicted molar refractivity (Wildman–Crippen MR) is 70.7 cm³/mol. The van der Waals surface area contributed by atoms with E-state index < -0.39 is 4.92 Å². The van der Waals surface area contributed by atoms with Crippen molar-refractivity contribution >= 4 is 17.3 Å². The third-order valence-corrected chi connectivity index (χ3v) is 2.84. The largest absolute Gasteiger partial charge is 0.320 e. The van der Waals surface area contributed by atoms with Crippen molar-refractivity contribution in [3.8, 4) is 0 Å². The number of carbonyl (C=O) groups is 1. The molecule has 5 nitrogen and oxygen atoms in total. The number of hydrogen-bond acceptors (Lipinski definition) is 3. The average molecular weight is 250 g/mol. The second kappa shape index (κ2) is 6.14. The van der Waals surface area contributed by atoms with Gasteiger partial charge in [0.15, 0.2) is 0 Å². The third-order valence-electron chi connectivity index (χ3n) is 2.84. The molecule has 18 heavy (non-hydrogen) atoms. The standard InChI is InChI=1S/C13H18N2O3/c1-4-5-6-13(16)14-11-7-9(2)10(3)8-12(11)15(17)18/h7-8H,4-6H2,1-3H3,(H,14,16). The van der Waals surface area contributed by atoms with Crippen molar-refractivity contribution in [2.75, 3.05) is 5.32 Å². The number of nitro groups is 1. The third kappa shape index (κ3) is 3.55. The van der Waals surface area contributed by atoms with Crippen LogP contribution in [0, 0.1) is 24.0 Å². The summed E-state index contributed by atoms with van der Waals surface area (Å²) in [7, 11) is 0. The van der Waals surface area contributed by atoms with Crippen LogP contribution in [0.1, 0.15) is 37.3 Å². The predicted octanol–water partition coefficient (Wildman–Crippen LogP) is 3.34. The molecule has 1 aromatic rings. The summed E-state index contributed by atoms with van der Waals surface area (Å²) in [5.41, 5.74) is 1.99. The van der Waals surface area contributed by atoms with Crippen LogP contribution in [0.4, 0.5) is 11.4 Å². The Morgan fingerprint density at radius 1 is 1.33 bits per heavy atom. The van der Waals surface area contributed by atoms with Gasteiger partial charge in [0.2, 0.25) is 5.91 Å². The van der Waals surface area contributed by atoms with Gasteiger partial charge in [0.1, 0.15) is 5.69 Å². The molecule has 0 aliphatic carbocycles. The lowest BCUT2D eigenvalue weighted by molar-refractivity contribution is -0.384. The van der Waals surface area contributed by atoms with Gasteiger partial charge in [-0.15, -0.1) is 0 Å². The number of anilines is 1. The summed E-state index contributed by atoms with van der Waals surface area (Å²) in [4.78, 5) is 22.1. The van der Waals surface area contributed by atoms with Gasteiger partial charge in [0, 0.05) is 12.5 Å². The first-order chi connectivity index (χ1) is 8.45. The van der Waals surface area contributed by atoms with E-state index in [0.717, 1.165) is 24.0 Å². The molecular formula is C13H18N2O3. The number of amides is 1. The Bertz CT molecular complexity index is 470. The van der Waals surface area contributed by atoms with E-state index >= 15 is 0 Å². The molecule has 1 N–H and O–H groups in total. The molecule has 0 fully saturated rings. The molecule has 1 aromatic carbocycles. The molecule has 1 amide bonds. The zero-order valence-corrected chi connectivity index (χ0v) is 10.9. The van der Waals surface area contributed by atoms with Crippen molar-refractivity contribution in [3.63, 3.8) is 0 Å². The van der Waals surface area contributed by atoms with Crippen LogP contribution < -0.4 is 5.32 Å². The molecule has 0 aromatic heterocycles. The molecule has 0 aliphatic rings. The van der Waals surface area contributed by atoms with Crippen LogP contribution in [0.15, 0.2) is 12.1 Å². The Balaban J connectivity index is 2.96. The number of nitrogens with one attached hydrogen (secondary N) is 1. The van der Waals surface area contributed by atoms with Gasteiger partial charge in [-0.2, -0.15) is 0 Å². The lowest BCUT2D eigenvalue weighted by Crippen LogP contribution is -2.12. The summed E-state index contributed by atoms with van der Waals surface area (Å²) in [6.07, 6.45) is 2.09. The summed E-state index contributed by atoms with van der Waals surface area (Å²) in [6.45, 7) is 5.66. The van der Waals surface area contributed by atoms with E-state index in [0.29, 0.717) is 6.42 Å². The molecule has 0 heterocycles. The van der Waals surface area contributed by atoms with Crippen molar-refractivity contribution < 1.29 is 9.72 Å². The molecular weight excluding hydrogens is 232 g/mol. The van der Waals surface area contributed by atoms with Crippen molar-refractivity contribution in [3.05, 3.63) is 33.4 Å². The van der Waals surface area contributed by atoms with E-state index in [1.54, 1.807) is 6.07 Å². The Kier molecular flexibility index (Phi) is 4.83. The molecule has 0 spiro atoms. The van der Waals surface area contributed by atoms with Crippen LogP contribution in [-0.4, -0.2) is 10.8 Å². The molecule has 0 saturated heterocycles. The maximum Gasteiger partial charge on any atom is 0.293 e. The fourth-order valence-corrected chi connectivity index (χ4v) is 1.60. The molecule has 1 rings (SSSR count). The first-order valence-corrected chi connectivity index (χ1v) is 6.01. The highest BCUT2D eigenvalue weighted by atomic mass is 16.6. The lowest BCUT2D eigenvalue weighted by Gasteiger charge is -2.08. The van der Waals surface area contributed by atoms with Crippen LogP contribution in [-0.2, 0) is 4.79 Å². The first-order valence-electron chi connectivity index (χ1n) is 6.01. The second-order valence-electron chi connectivity index (χ2n) is 4.36. The Morgan fingerprint density at radius 2 is 1.94 bits per heavy atom. The van der Waals surface area contributed by atoms with Gasteiger partial charge in [-0.3, -0.25) is 14.9 Å². The summed E-state index contributed by atoms with van der Waals surface area (Å²) in [6, 6.07) is 3.14. The van der Waals surface area contributed by atoms with Crippen molar-refractivity contribution in [1.29, 1.82) is 0 Å². The van der Waals surface area contributed by atoms with E-state index in [1.165, 1.54) is 6.07 Å². The molecule has 0 bridgehead atoms. The minimum Gasteiger partial charge on any atom is -0.320 e. The topological polar surface area (TPSA) is 72.2 Å². The van der Waals surface area contributed by atoms with Crippen LogP contribution in [0.2, 0.25) is 0 Å². The second-order valence-corrected chi connectivity index (χ2v) is 4.36.